The maximum absolute atomic E-state index is 11.8. The highest BCUT2D eigenvalue weighted by Gasteiger charge is 2.25. The molecule has 0 bridgehead atoms. The van der Waals surface area contributed by atoms with Gasteiger partial charge in [0.25, 0.3) is 0 Å². The second kappa shape index (κ2) is 11.3. The molecule has 1 aliphatic heterocycles. The lowest BCUT2D eigenvalue weighted by Crippen LogP contribution is -2.45. The van der Waals surface area contributed by atoms with Gasteiger partial charge in [0, 0.05) is 32.1 Å². The van der Waals surface area contributed by atoms with Crippen LogP contribution >= 0.6 is 23.2 Å². The zero-order valence-electron chi connectivity index (χ0n) is 16.3. The first-order valence-electron chi connectivity index (χ1n) is 9.52. The van der Waals surface area contributed by atoms with Crippen LogP contribution in [-0.4, -0.2) is 66.8 Å². The monoisotopic (exact) mass is 430 g/mol. The Kier molecular flexibility index (Phi) is 9.15. The van der Waals surface area contributed by atoms with Crippen LogP contribution in [0.2, 0.25) is 10.0 Å². The van der Waals surface area contributed by atoms with Crippen molar-refractivity contribution >= 4 is 35.1 Å². The number of rotatable bonds is 8. The molecule has 7 nitrogen and oxygen atoms in total. The topological polar surface area (TPSA) is 86.2 Å². The van der Waals surface area contributed by atoms with Crippen LogP contribution < -0.4 is 15.4 Å². The van der Waals surface area contributed by atoms with E-state index in [4.69, 9.17) is 27.9 Å². The molecule has 0 spiro atoms. The van der Waals surface area contributed by atoms with E-state index in [2.05, 4.69) is 15.6 Å². The second-order valence-corrected chi connectivity index (χ2v) is 7.34. The molecule has 156 valence electrons. The third kappa shape index (κ3) is 6.72. The molecule has 1 aromatic rings. The van der Waals surface area contributed by atoms with Gasteiger partial charge in [0.1, 0.15) is 23.5 Å². The normalized spacial score (nSPS) is 18.1. The zero-order valence-corrected chi connectivity index (χ0v) is 17.8. The SMILES string of the molecule is CCNC(=NCC(O)COc1cccc(Cl)c1Cl)NC1CCN(C(=O)CC)C1. The number of benzene rings is 1. The number of aliphatic hydroxyl groups is 1. The molecule has 0 aliphatic carbocycles. The number of nitrogens with zero attached hydrogens (tertiary/aromatic N) is 2. The third-order valence-corrected chi connectivity index (χ3v) is 5.14. The van der Waals surface area contributed by atoms with Gasteiger partial charge in [0.15, 0.2) is 5.96 Å². The first kappa shape index (κ1) is 22.6. The fourth-order valence-electron chi connectivity index (χ4n) is 2.87. The van der Waals surface area contributed by atoms with E-state index >= 15 is 0 Å². The molecule has 2 unspecified atom stereocenters. The summed E-state index contributed by atoms with van der Waals surface area (Å²) in [5.41, 5.74) is 0. The molecule has 2 rings (SSSR count). The second-order valence-electron chi connectivity index (χ2n) is 6.56. The van der Waals surface area contributed by atoms with Gasteiger partial charge >= 0.3 is 0 Å². The Labute approximate surface area is 176 Å². The van der Waals surface area contributed by atoms with Gasteiger partial charge in [0.2, 0.25) is 5.91 Å². The molecule has 2 atom stereocenters. The fourth-order valence-corrected chi connectivity index (χ4v) is 3.22. The standard InChI is InChI=1S/C19H28Cl2N4O3/c1-3-17(27)25-9-8-13(11-25)24-19(22-4-2)23-10-14(26)12-28-16-7-5-6-15(20)18(16)21/h5-7,13-14,26H,3-4,8-12H2,1-2H3,(H2,22,23,24). The van der Waals surface area contributed by atoms with Crippen LogP contribution in [0.3, 0.4) is 0 Å². The van der Waals surface area contributed by atoms with E-state index in [0.29, 0.717) is 41.3 Å². The van der Waals surface area contributed by atoms with Gasteiger partial charge in [0.05, 0.1) is 11.6 Å². The van der Waals surface area contributed by atoms with Crippen LogP contribution in [0.25, 0.3) is 0 Å². The molecule has 1 aliphatic rings. The van der Waals surface area contributed by atoms with Gasteiger partial charge in [-0.15, -0.1) is 0 Å². The Balaban J connectivity index is 1.84. The van der Waals surface area contributed by atoms with Crippen molar-refractivity contribution in [2.24, 2.45) is 4.99 Å². The summed E-state index contributed by atoms with van der Waals surface area (Å²) in [5, 5.41) is 17.4. The summed E-state index contributed by atoms with van der Waals surface area (Å²) in [6.45, 7) is 6.16. The Morgan fingerprint density at radius 1 is 1.43 bits per heavy atom. The summed E-state index contributed by atoms with van der Waals surface area (Å²) in [6.07, 6.45) is 0.589. The maximum Gasteiger partial charge on any atom is 0.222 e. The molecule has 0 saturated carbocycles. The molecule has 1 saturated heterocycles. The molecule has 0 radical (unpaired) electrons. The van der Waals surface area contributed by atoms with Crippen LogP contribution in [0, 0.1) is 0 Å². The Hall–Kier alpha value is -1.70. The minimum Gasteiger partial charge on any atom is -0.489 e. The molecule has 1 fully saturated rings. The number of likely N-dealkylation sites (tertiary alicyclic amines) is 1. The van der Waals surface area contributed by atoms with E-state index in [1.807, 2.05) is 18.7 Å². The highest BCUT2D eigenvalue weighted by atomic mass is 35.5. The number of carbonyl (C=O) groups is 1. The lowest BCUT2D eigenvalue weighted by molar-refractivity contribution is -0.129. The number of nitrogens with one attached hydrogen (secondary N) is 2. The largest absolute Gasteiger partial charge is 0.489 e. The number of aliphatic hydroxyl groups excluding tert-OH is 1. The molecular weight excluding hydrogens is 403 g/mol. The summed E-state index contributed by atoms with van der Waals surface area (Å²) in [7, 11) is 0. The average molecular weight is 431 g/mol. The van der Waals surface area contributed by atoms with Gasteiger partial charge < -0.3 is 25.4 Å². The maximum atomic E-state index is 11.8. The van der Waals surface area contributed by atoms with Crippen molar-refractivity contribution in [3.05, 3.63) is 28.2 Å². The third-order valence-electron chi connectivity index (χ3n) is 4.34. The van der Waals surface area contributed by atoms with Crippen molar-refractivity contribution in [3.8, 4) is 5.75 Å². The zero-order chi connectivity index (χ0) is 20.5. The van der Waals surface area contributed by atoms with Crippen molar-refractivity contribution in [2.45, 2.75) is 38.8 Å². The first-order valence-corrected chi connectivity index (χ1v) is 10.3. The summed E-state index contributed by atoms with van der Waals surface area (Å²) in [4.78, 5) is 18.1. The average Bonchev–Trinajstić information content (AvgIpc) is 3.15. The minimum atomic E-state index is -0.799. The summed E-state index contributed by atoms with van der Waals surface area (Å²) in [6, 6.07) is 5.24. The van der Waals surface area contributed by atoms with Gasteiger partial charge in [-0.2, -0.15) is 0 Å². The van der Waals surface area contributed by atoms with Crippen LogP contribution in [0.1, 0.15) is 26.7 Å². The van der Waals surface area contributed by atoms with Crippen molar-refractivity contribution in [3.63, 3.8) is 0 Å². The predicted octanol–water partition coefficient (Wildman–Crippen LogP) is 2.30. The number of hydrogen-bond acceptors (Lipinski definition) is 4. The van der Waals surface area contributed by atoms with Crippen molar-refractivity contribution in [1.29, 1.82) is 0 Å². The predicted molar refractivity (Wildman–Crippen MR) is 112 cm³/mol. The Morgan fingerprint density at radius 3 is 2.93 bits per heavy atom. The van der Waals surface area contributed by atoms with Crippen molar-refractivity contribution in [1.82, 2.24) is 15.5 Å². The molecular formula is C19H28Cl2N4O3. The highest BCUT2D eigenvalue weighted by molar-refractivity contribution is 6.42. The Bertz CT molecular complexity index is 687. The quantitative estimate of drug-likeness (QED) is 0.435. The number of ether oxygens (including phenoxy) is 1. The number of amides is 1. The smallest absolute Gasteiger partial charge is 0.222 e. The van der Waals surface area contributed by atoms with Crippen LogP contribution in [0.5, 0.6) is 5.75 Å². The van der Waals surface area contributed by atoms with Crippen LogP contribution in [0.4, 0.5) is 0 Å². The van der Waals surface area contributed by atoms with Gasteiger partial charge in [-0.25, -0.2) is 0 Å². The van der Waals surface area contributed by atoms with Gasteiger partial charge in [-0.3, -0.25) is 9.79 Å². The number of carbonyl (C=O) groups excluding carboxylic acids is 1. The summed E-state index contributed by atoms with van der Waals surface area (Å²) in [5.74, 6) is 1.20. The molecule has 9 heteroatoms. The van der Waals surface area contributed by atoms with E-state index in [0.717, 1.165) is 13.0 Å². The number of halogens is 2. The fraction of sp³-hybridized carbons (Fsp3) is 0.579. The molecule has 1 aromatic carbocycles. The van der Waals surface area contributed by atoms with Crippen LogP contribution in [-0.2, 0) is 4.79 Å². The van der Waals surface area contributed by atoms with E-state index in [1.165, 1.54) is 0 Å². The lowest BCUT2D eigenvalue weighted by atomic mass is 10.3. The lowest BCUT2D eigenvalue weighted by Gasteiger charge is -2.19. The van der Waals surface area contributed by atoms with Gasteiger partial charge in [-0.1, -0.05) is 36.2 Å². The van der Waals surface area contributed by atoms with Crippen LogP contribution in [0.15, 0.2) is 23.2 Å². The highest BCUT2D eigenvalue weighted by Crippen LogP contribution is 2.31. The minimum absolute atomic E-state index is 0.0468. The van der Waals surface area contributed by atoms with E-state index in [9.17, 15) is 9.90 Å². The summed E-state index contributed by atoms with van der Waals surface area (Å²) >= 11 is 12.0. The number of aliphatic imine (C=N–C) groups is 1. The molecule has 1 amide bonds. The molecule has 1 heterocycles. The van der Waals surface area contributed by atoms with E-state index in [-0.39, 0.29) is 25.1 Å². The first-order chi connectivity index (χ1) is 13.4. The van der Waals surface area contributed by atoms with Crippen molar-refractivity contribution in [2.75, 3.05) is 32.8 Å². The molecule has 28 heavy (non-hydrogen) atoms. The molecule has 3 N–H and O–H groups in total. The number of guanidine groups is 1. The Morgan fingerprint density at radius 2 is 2.21 bits per heavy atom. The number of hydrogen-bond donors (Lipinski definition) is 3. The van der Waals surface area contributed by atoms with Gasteiger partial charge in [-0.05, 0) is 25.5 Å². The molecule has 0 aromatic heterocycles. The van der Waals surface area contributed by atoms with E-state index < -0.39 is 6.10 Å². The van der Waals surface area contributed by atoms with Crippen molar-refractivity contribution < 1.29 is 14.6 Å². The summed E-state index contributed by atoms with van der Waals surface area (Å²) < 4.78 is 5.54. The van der Waals surface area contributed by atoms with E-state index in [1.54, 1.807) is 18.2 Å².